The number of aliphatic hydroxyl groups excluding tert-OH is 1. The minimum absolute atomic E-state index is 0.0331. The van der Waals surface area contributed by atoms with E-state index in [1.807, 2.05) is 6.92 Å². The molecule has 0 aromatic heterocycles. The molecule has 3 fully saturated rings. The number of rotatable bonds is 12. The van der Waals surface area contributed by atoms with Gasteiger partial charge < -0.3 is 24.8 Å². The predicted octanol–water partition coefficient (Wildman–Crippen LogP) is 1.78. The van der Waals surface area contributed by atoms with Gasteiger partial charge in [-0.15, -0.1) is 0 Å². The van der Waals surface area contributed by atoms with Gasteiger partial charge in [0, 0.05) is 19.7 Å². The van der Waals surface area contributed by atoms with Crippen molar-refractivity contribution in [2.45, 2.75) is 89.4 Å². The molecular weight excluding hydrogens is 400 g/mol. The Bertz CT molecular complexity index is 685. The molecular formula is C23H38N2O6. The molecule has 0 saturated carbocycles. The van der Waals surface area contributed by atoms with Gasteiger partial charge in [-0.25, -0.2) is 0 Å². The van der Waals surface area contributed by atoms with Gasteiger partial charge in [0.25, 0.3) is 0 Å². The Hall–Kier alpha value is -1.67. The Balaban J connectivity index is 1.93. The topological polar surface area (TPSA) is 105 Å². The van der Waals surface area contributed by atoms with Crippen LogP contribution in [0, 0.1) is 11.8 Å². The maximum absolute atomic E-state index is 13.6. The van der Waals surface area contributed by atoms with Gasteiger partial charge in [0.05, 0.1) is 18.1 Å². The number of hydrogen-bond acceptors (Lipinski definition) is 6. The van der Waals surface area contributed by atoms with Gasteiger partial charge in [-0.1, -0.05) is 26.7 Å². The first-order valence-electron chi connectivity index (χ1n) is 12.0. The highest BCUT2D eigenvalue weighted by Gasteiger charge is 2.78. The monoisotopic (exact) mass is 438 g/mol. The SMILES string of the molecule is CCCCCNC(=O)C1N(CCCCO)C(=O)[C@@H]2[C@H](C(=O)OCC)[C@]3(CC)CCC12O3. The summed E-state index contributed by atoms with van der Waals surface area (Å²) < 4.78 is 12.0. The van der Waals surface area contributed by atoms with Crippen LogP contribution in [0.2, 0.25) is 0 Å². The molecule has 3 aliphatic rings. The first-order valence-corrected chi connectivity index (χ1v) is 12.0. The largest absolute Gasteiger partial charge is 0.466 e. The molecule has 3 heterocycles. The maximum Gasteiger partial charge on any atom is 0.312 e. The van der Waals surface area contributed by atoms with Crippen LogP contribution in [0.5, 0.6) is 0 Å². The number of unbranched alkanes of at least 4 members (excludes halogenated alkanes) is 3. The van der Waals surface area contributed by atoms with Crippen molar-refractivity contribution in [2.24, 2.45) is 11.8 Å². The number of likely N-dealkylation sites (tertiary alicyclic amines) is 1. The fourth-order valence-electron chi connectivity index (χ4n) is 5.93. The molecule has 0 aromatic rings. The average Bonchev–Trinajstić information content (AvgIpc) is 3.35. The van der Waals surface area contributed by atoms with Gasteiger partial charge in [-0.05, 0) is 45.4 Å². The van der Waals surface area contributed by atoms with Gasteiger partial charge in [-0.3, -0.25) is 14.4 Å². The Labute approximate surface area is 185 Å². The van der Waals surface area contributed by atoms with Crippen molar-refractivity contribution in [3.8, 4) is 0 Å². The van der Waals surface area contributed by atoms with Crippen molar-refractivity contribution in [3.63, 3.8) is 0 Å². The van der Waals surface area contributed by atoms with Crippen LogP contribution in [-0.4, -0.2) is 71.3 Å². The minimum atomic E-state index is -0.988. The second-order valence-corrected chi connectivity index (χ2v) is 9.05. The van der Waals surface area contributed by atoms with E-state index in [2.05, 4.69) is 12.2 Å². The third-order valence-corrected chi connectivity index (χ3v) is 7.36. The lowest BCUT2D eigenvalue weighted by molar-refractivity contribution is -0.160. The van der Waals surface area contributed by atoms with Gasteiger partial charge in [0.15, 0.2) is 0 Å². The van der Waals surface area contributed by atoms with E-state index in [1.165, 1.54) is 0 Å². The standard InChI is InChI=1S/C23H38N2O6/c1-4-7-8-13-24-19(27)18-23-12-11-22(5-2,31-23)17(21(29)30-6-3)16(23)20(28)25(18)14-9-10-15-26/h16-18,26H,4-15H2,1-3H3,(H,24,27)/t16-,17+,18?,22-,23?/m0/s1. The molecule has 176 valence electrons. The lowest BCUT2D eigenvalue weighted by Crippen LogP contribution is -2.55. The van der Waals surface area contributed by atoms with Crippen LogP contribution in [0.1, 0.15) is 72.1 Å². The Morgan fingerprint density at radius 1 is 1.19 bits per heavy atom. The van der Waals surface area contributed by atoms with E-state index in [0.717, 1.165) is 19.3 Å². The van der Waals surface area contributed by atoms with Gasteiger partial charge in [0.1, 0.15) is 17.6 Å². The fourth-order valence-corrected chi connectivity index (χ4v) is 5.93. The summed E-state index contributed by atoms with van der Waals surface area (Å²) in [7, 11) is 0. The molecule has 0 aromatic carbocycles. The maximum atomic E-state index is 13.6. The molecule has 2 unspecified atom stereocenters. The van der Waals surface area contributed by atoms with Crippen molar-refractivity contribution in [3.05, 3.63) is 0 Å². The van der Waals surface area contributed by atoms with Crippen LogP contribution in [0.25, 0.3) is 0 Å². The molecule has 3 saturated heterocycles. The zero-order valence-electron chi connectivity index (χ0n) is 19.2. The van der Waals surface area contributed by atoms with Crippen molar-refractivity contribution < 1.29 is 29.0 Å². The van der Waals surface area contributed by atoms with Crippen LogP contribution in [0.3, 0.4) is 0 Å². The minimum Gasteiger partial charge on any atom is -0.466 e. The Kier molecular flexibility index (Phi) is 7.63. The first-order chi connectivity index (χ1) is 14.9. The van der Waals surface area contributed by atoms with E-state index in [9.17, 15) is 19.5 Å². The lowest BCUT2D eigenvalue weighted by atomic mass is 9.65. The molecule has 0 aliphatic carbocycles. The van der Waals surface area contributed by atoms with Crippen molar-refractivity contribution in [2.75, 3.05) is 26.3 Å². The average molecular weight is 439 g/mol. The number of carbonyl (C=O) groups is 3. The fraction of sp³-hybridized carbons (Fsp3) is 0.870. The lowest BCUT2D eigenvalue weighted by Gasteiger charge is -2.33. The highest BCUT2D eigenvalue weighted by molar-refractivity contribution is 5.98. The second-order valence-electron chi connectivity index (χ2n) is 9.05. The van der Waals surface area contributed by atoms with Crippen molar-refractivity contribution in [1.82, 2.24) is 10.2 Å². The van der Waals surface area contributed by atoms with Gasteiger partial charge in [-0.2, -0.15) is 0 Å². The third-order valence-electron chi connectivity index (χ3n) is 7.36. The molecule has 2 N–H and O–H groups in total. The number of amides is 2. The number of hydrogen-bond donors (Lipinski definition) is 2. The molecule has 1 spiro atoms. The molecule has 31 heavy (non-hydrogen) atoms. The van der Waals surface area contributed by atoms with E-state index in [-0.39, 0.29) is 25.0 Å². The quantitative estimate of drug-likeness (QED) is 0.355. The smallest absolute Gasteiger partial charge is 0.312 e. The first kappa shape index (κ1) is 24.0. The van der Waals surface area contributed by atoms with E-state index >= 15 is 0 Å². The Morgan fingerprint density at radius 3 is 2.61 bits per heavy atom. The van der Waals surface area contributed by atoms with Crippen molar-refractivity contribution >= 4 is 17.8 Å². The summed E-state index contributed by atoms with van der Waals surface area (Å²) in [5, 5.41) is 12.2. The summed E-state index contributed by atoms with van der Waals surface area (Å²) >= 11 is 0. The number of esters is 1. The zero-order valence-corrected chi connectivity index (χ0v) is 19.2. The second kappa shape index (κ2) is 9.86. The van der Waals surface area contributed by atoms with Crippen LogP contribution in [0.4, 0.5) is 0 Å². The van der Waals surface area contributed by atoms with Gasteiger partial charge in [0.2, 0.25) is 11.8 Å². The molecule has 5 atom stereocenters. The molecule has 8 nitrogen and oxygen atoms in total. The number of fused-ring (bicyclic) bond motifs is 1. The highest BCUT2D eigenvalue weighted by Crippen LogP contribution is 2.64. The van der Waals surface area contributed by atoms with E-state index in [1.54, 1.807) is 11.8 Å². The highest BCUT2D eigenvalue weighted by atomic mass is 16.6. The summed E-state index contributed by atoms with van der Waals surface area (Å²) in [6.45, 7) is 7.02. The van der Waals surface area contributed by atoms with E-state index in [0.29, 0.717) is 45.2 Å². The van der Waals surface area contributed by atoms with Crippen molar-refractivity contribution in [1.29, 1.82) is 0 Å². The van der Waals surface area contributed by atoms with Gasteiger partial charge >= 0.3 is 5.97 Å². The molecule has 2 bridgehead atoms. The third kappa shape index (κ3) is 3.97. The zero-order chi connectivity index (χ0) is 22.6. The van der Waals surface area contributed by atoms with Crippen LogP contribution in [-0.2, 0) is 23.9 Å². The van der Waals surface area contributed by atoms with Crippen LogP contribution >= 0.6 is 0 Å². The number of aliphatic hydroxyl groups is 1. The normalized spacial score (nSPS) is 33.6. The van der Waals surface area contributed by atoms with E-state index < -0.39 is 35.0 Å². The number of nitrogens with zero attached hydrogens (tertiary/aromatic N) is 1. The number of ether oxygens (including phenoxy) is 2. The molecule has 3 aliphatic heterocycles. The summed E-state index contributed by atoms with van der Waals surface area (Å²) in [4.78, 5) is 41.6. The molecule has 2 amide bonds. The van der Waals surface area contributed by atoms with E-state index in [4.69, 9.17) is 9.47 Å². The summed E-state index contributed by atoms with van der Waals surface area (Å²) in [5.74, 6) is -2.17. The summed E-state index contributed by atoms with van der Waals surface area (Å²) in [5.41, 5.74) is -1.73. The molecule has 8 heteroatoms. The summed E-state index contributed by atoms with van der Waals surface area (Å²) in [6.07, 6.45) is 5.92. The number of nitrogens with one attached hydrogen (secondary N) is 1. The Morgan fingerprint density at radius 2 is 1.97 bits per heavy atom. The molecule has 3 rings (SSSR count). The number of carbonyl (C=O) groups excluding carboxylic acids is 3. The van der Waals surface area contributed by atoms with Crippen LogP contribution < -0.4 is 5.32 Å². The van der Waals surface area contributed by atoms with Crippen LogP contribution in [0.15, 0.2) is 0 Å². The predicted molar refractivity (Wildman–Crippen MR) is 114 cm³/mol. The summed E-state index contributed by atoms with van der Waals surface area (Å²) in [6, 6.07) is -0.752. The molecule has 0 radical (unpaired) electrons.